The average molecular weight is 1880 g/mol. The number of aliphatic hydroxyl groups is 1. The van der Waals surface area contributed by atoms with Gasteiger partial charge in [-0.1, -0.05) is 71.0 Å². The van der Waals surface area contributed by atoms with E-state index in [1.807, 2.05) is 0 Å². The van der Waals surface area contributed by atoms with Gasteiger partial charge >= 0.3 is 12.1 Å². The Morgan fingerprint density at radius 1 is 0.554 bits per heavy atom. The molecule has 0 spiro atoms. The number of nitrogens with one attached hydrogen (secondary N) is 16. The number of thioether (sulfide) groups is 3. The summed E-state index contributed by atoms with van der Waals surface area (Å²) in [6.45, 7) is 9.17. The van der Waals surface area contributed by atoms with Crippen molar-refractivity contribution >= 4 is 175 Å². The highest BCUT2D eigenvalue weighted by atomic mass is 32.2. The lowest BCUT2D eigenvalue weighted by atomic mass is 9.98. The number of carbonyl (C=O) groups excluding carboxylic acids is 20. The number of benzene rings is 2. The van der Waals surface area contributed by atoms with E-state index in [1.54, 1.807) is 79.7 Å². The van der Waals surface area contributed by atoms with Gasteiger partial charge in [0.2, 0.25) is 100 Å². The first-order valence-electron chi connectivity index (χ1n) is 42.4. The Morgan fingerprint density at radius 2 is 1.05 bits per heavy atom. The molecule has 0 radical (unpaired) electrons. The topological polar surface area (TPSA) is 661 Å². The SMILES string of the molecule is CC[C@@H]1NC(=O)[C@H]([C@@H](C)O)NC(=O)[C@@H](CC(=O)[C@H](C)NC(=O)CN(C)C(=O)CCN)CSCC(=O)NCCN2CCNC(=O)CSC[C@@H](C(N)=O)NC(=O)[C@@H]3CCCN3C(=O)[C@H](C(C)C)NC(=O)[C@H](Cc3c[nH]c4ccccc34)NC(=O)CNC(=O)[C@H](CC(=O)O)NC(=O)[C@H](C(C)C)NC(=O)[C@H](Cc3c[nH]c4ccccc34)NC(=O)[C@H](CSCC(=O)NCC2)NC1=O.O=C=O. The minimum absolute atomic E-state index is 0.0145. The molecule has 0 saturated carbocycles. The van der Waals surface area contributed by atoms with Gasteiger partial charge in [0, 0.05) is 137 Å². The van der Waals surface area contributed by atoms with Crippen LogP contribution in [0.3, 0.4) is 0 Å². The fourth-order valence-corrected chi connectivity index (χ4v) is 16.9. The van der Waals surface area contributed by atoms with Crippen LogP contribution in [0, 0.1) is 17.8 Å². The molecular weight excluding hydrogens is 1760 g/mol. The van der Waals surface area contributed by atoms with Crippen LogP contribution in [0.15, 0.2) is 60.9 Å². The van der Waals surface area contributed by atoms with E-state index in [4.69, 9.17) is 21.1 Å². The standard InChI is InChI=1S/C82H119N21O21S3.CO2/c1-9-52-75(117)97-59-39-127-42-66(110)87-24-28-102(26-22-85-64(108)40-125-37-49(73(115)100-71(46(7)104)81(123)93-52)31-61(105)45(6)91-63(107)36-101(8)67(111)20-21-83)27-23-86-65(109)41-126-38-58(72(84)114)96-79(121)60-19-14-25-103(60)82(124)70(44(4)5)99-76(118)55(29-47-33-88-53-17-12-10-15-50(47)53)92-62(106)35-90-74(116)57(32-68(112)113)95-80(122)69(43(2)3)98-77(119)56(94-78(59)120)30-48-34-89-54-18-13-11-16-51(48)54;2-1-3/h10-13,15-18,33-34,43-46,49,52,55-60,69-71,88-89,104H,9,14,19-32,35-42,83H2,1-8H3,(H2,84,114)(H,85,108)(H,86,109)(H,87,110)(H,90,116)(H,91,107)(H,92,106)(H,93,123)(H,94,120)(H,95,122)(H,96,121)(H,97,117)(H,98,119)(H,99,118)(H,100,115)(H,112,113);/t45-,46+,49-,52-,55-,56-,57-,58-,59-,60-,69-,70-,71-;/m0./s1. The van der Waals surface area contributed by atoms with Crippen LogP contribution in [0.4, 0.5) is 0 Å². The lowest BCUT2D eigenvalue weighted by Gasteiger charge is -2.32. The molecule has 17 amide bonds. The summed E-state index contributed by atoms with van der Waals surface area (Å²) >= 11 is 2.71. The largest absolute Gasteiger partial charge is 0.481 e. The van der Waals surface area contributed by atoms with Crippen LogP contribution < -0.4 is 85.9 Å². The zero-order valence-corrected chi connectivity index (χ0v) is 76.0. The number of aliphatic carboxylic acids is 1. The molecule has 3 aliphatic heterocycles. The average Bonchev–Trinajstić information content (AvgIpc) is 1.65. The van der Waals surface area contributed by atoms with Crippen molar-refractivity contribution in [1.29, 1.82) is 0 Å². The van der Waals surface area contributed by atoms with Crippen molar-refractivity contribution < 1.29 is 111 Å². The van der Waals surface area contributed by atoms with Crippen molar-refractivity contribution in [3.63, 3.8) is 0 Å². The number of likely N-dealkylation sites (N-methyl/N-ethyl adjacent to an activating group) is 1. The van der Waals surface area contributed by atoms with E-state index < -0.39 is 234 Å². The predicted molar refractivity (Wildman–Crippen MR) is 477 cm³/mol. The summed E-state index contributed by atoms with van der Waals surface area (Å²) in [5.41, 5.74) is 13.6. The molecule has 44 nitrogen and oxygen atoms in total. The highest BCUT2D eigenvalue weighted by molar-refractivity contribution is 8.00. The van der Waals surface area contributed by atoms with Gasteiger partial charge in [0.1, 0.15) is 60.4 Å². The summed E-state index contributed by atoms with van der Waals surface area (Å²) in [6, 6.07) is -3.00. The molecule has 3 aliphatic rings. The molecule has 2 aromatic heterocycles. The number of carbonyl (C=O) groups is 19. The second kappa shape index (κ2) is 53.8. The number of rotatable bonds is 19. The van der Waals surface area contributed by atoms with Gasteiger partial charge in [-0.3, -0.25) is 96.0 Å². The minimum atomic E-state index is -1.95. The van der Waals surface area contributed by atoms with E-state index in [1.165, 1.54) is 39.6 Å². The molecule has 47 heteroatoms. The van der Waals surface area contributed by atoms with Gasteiger partial charge in [0.15, 0.2) is 5.78 Å². The van der Waals surface area contributed by atoms with Crippen LogP contribution >= 0.6 is 35.3 Å². The molecular formula is C83H119N21O23S3. The maximum atomic E-state index is 15.2. The molecule has 4 aromatic rings. The number of nitrogens with zero attached hydrogens (tertiary/aromatic N) is 3. The van der Waals surface area contributed by atoms with Crippen molar-refractivity contribution in [1.82, 2.24) is 99.1 Å². The molecule has 712 valence electrons. The zero-order chi connectivity index (χ0) is 96.0. The third-order valence-electron chi connectivity index (χ3n) is 21.3. The number of para-hydroxylation sites is 2. The summed E-state index contributed by atoms with van der Waals surface area (Å²) in [6.07, 6.45) is -0.307. The summed E-state index contributed by atoms with van der Waals surface area (Å²) in [5, 5.41) is 59.1. The lowest BCUT2D eigenvalue weighted by Crippen LogP contribution is -2.61. The number of aromatic amines is 2. The number of carboxylic acid groups (broad SMARTS) is 1. The molecule has 7 rings (SSSR count). The van der Waals surface area contributed by atoms with E-state index in [9.17, 15) is 91.7 Å². The third-order valence-corrected chi connectivity index (χ3v) is 24.5. The Morgan fingerprint density at radius 3 is 1.57 bits per heavy atom. The first kappa shape index (κ1) is 107. The number of hydrogen-bond donors (Lipinski definition) is 20. The van der Waals surface area contributed by atoms with E-state index in [0.717, 1.165) is 47.1 Å². The molecule has 14 atom stereocenters. The minimum Gasteiger partial charge on any atom is -0.481 e. The van der Waals surface area contributed by atoms with Gasteiger partial charge in [-0.2, -0.15) is 21.4 Å². The number of carboxylic acids is 1. The number of fused-ring (bicyclic) bond motifs is 11. The monoisotopic (exact) mass is 1870 g/mol. The Bertz CT molecular complexity index is 4720. The lowest BCUT2D eigenvalue weighted by molar-refractivity contribution is -0.192. The molecule has 22 N–H and O–H groups in total. The number of Topliss-reactive ketones (excluding diaryl/α,β-unsaturated/α-hetero) is 1. The molecule has 130 heavy (non-hydrogen) atoms. The van der Waals surface area contributed by atoms with Crippen LogP contribution in [0.1, 0.15) is 98.1 Å². The second-order valence-electron chi connectivity index (χ2n) is 32.0. The van der Waals surface area contributed by atoms with Crippen LogP contribution in [0.5, 0.6) is 0 Å². The number of primary amides is 1. The summed E-state index contributed by atoms with van der Waals surface area (Å²) < 4.78 is 0. The van der Waals surface area contributed by atoms with Crippen molar-refractivity contribution in [3.8, 4) is 0 Å². The molecule has 2 bridgehead atoms. The number of H-pyrrole nitrogens is 2. The maximum Gasteiger partial charge on any atom is 0.373 e. The highest BCUT2D eigenvalue weighted by Gasteiger charge is 2.43. The molecule has 3 saturated heterocycles. The molecule has 2 aromatic carbocycles. The van der Waals surface area contributed by atoms with E-state index in [2.05, 4.69) is 84.4 Å². The van der Waals surface area contributed by atoms with Crippen molar-refractivity contribution in [2.24, 2.45) is 29.2 Å². The fraction of sp³-hybridized carbons (Fsp3) is 0.566. The molecule has 3 fully saturated rings. The predicted octanol–water partition coefficient (Wildman–Crippen LogP) is -5.85. The molecule has 5 heterocycles. The smallest absolute Gasteiger partial charge is 0.373 e. The normalized spacial score (nSPS) is 24.3. The van der Waals surface area contributed by atoms with Gasteiger partial charge in [-0.05, 0) is 68.2 Å². The van der Waals surface area contributed by atoms with Gasteiger partial charge in [0.25, 0.3) is 0 Å². The summed E-state index contributed by atoms with van der Waals surface area (Å²) in [5.74, 6) is -21.6. The third kappa shape index (κ3) is 34.1. The number of nitrogens with two attached hydrogens (primary N) is 2. The number of hydrogen-bond acceptors (Lipinski definition) is 27. The van der Waals surface area contributed by atoms with Crippen LogP contribution in [-0.4, -0.2) is 333 Å². The van der Waals surface area contributed by atoms with Crippen molar-refractivity contribution in [2.45, 2.75) is 172 Å². The van der Waals surface area contributed by atoms with E-state index in [-0.39, 0.29) is 119 Å². The van der Waals surface area contributed by atoms with Gasteiger partial charge in [-0.15, -0.1) is 23.5 Å². The molecule has 0 aliphatic carbocycles. The molecule has 1 unspecified atom stereocenters. The Balaban J connectivity index is 0.00000855. The zero-order valence-electron chi connectivity index (χ0n) is 73.6. The van der Waals surface area contributed by atoms with Gasteiger partial charge in [-0.25, -0.2) is 0 Å². The number of aromatic nitrogens is 2. The van der Waals surface area contributed by atoms with Crippen LogP contribution in [0.25, 0.3) is 21.8 Å². The Kier molecular flexibility index (Phi) is 44.2. The number of ketones is 1. The fourth-order valence-electron chi connectivity index (χ4n) is 14.2. The van der Waals surface area contributed by atoms with Gasteiger partial charge < -0.3 is 116 Å². The van der Waals surface area contributed by atoms with Crippen molar-refractivity contribution in [3.05, 3.63) is 72.1 Å². The van der Waals surface area contributed by atoms with Crippen molar-refractivity contribution in [2.75, 3.05) is 107 Å². The number of aliphatic hydroxyl groups excluding tert-OH is 1. The Labute approximate surface area is 762 Å². The van der Waals surface area contributed by atoms with E-state index in [0.29, 0.717) is 39.4 Å². The first-order chi connectivity index (χ1) is 61.8. The number of amides is 17. The quantitative estimate of drug-likeness (QED) is 0.0416. The van der Waals surface area contributed by atoms with Crippen LogP contribution in [0.2, 0.25) is 0 Å². The second-order valence-corrected chi connectivity index (χ2v) is 35.1. The van der Waals surface area contributed by atoms with E-state index >= 15 is 9.59 Å². The highest BCUT2D eigenvalue weighted by Crippen LogP contribution is 2.25. The van der Waals surface area contributed by atoms with Crippen LogP contribution in [-0.2, 0) is 114 Å². The Hall–Kier alpha value is -12.0. The maximum absolute atomic E-state index is 15.2. The van der Waals surface area contributed by atoms with Gasteiger partial charge in [0.05, 0.1) is 54.8 Å². The summed E-state index contributed by atoms with van der Waals surface area (Å²) in [4.78, 5) is 294. The first-order valence-corrected chi connectivity index (χ1v) is 45.9. The summed E-state index contributed by atoms with van der Waals surface area (Å²) in [7, 11) is 1.36.